The molecule has 2 aromatic heterocycles. The maximum atomic E-state index is 13.7. The maximum Gasteiger partial charge on any atom is 0.418 e. The van der Waals surface area contributed by atoms with Crippen molar-refractivity contribution in [2.24, 2.45) is 0 Å². The summed E-state index contributed by atoms with van der Waals surface area (Å²) in [6.45, 7) is 3.01. The Morgan fingerprint density at radius 2 is 1.71 bits per heavy atom. The van der Waals surface area contributed by atoms with Gasteiger partial charge in [0.2, 0.25) is 0 Å². The second-order valence-corrected chi connectivity index (χ2v) is 9.91. The van der Waals surface area contributed by atoms with Crippen molar-refractivity contribution >= 4 is 17.2 Å². The molecular formula is C27H30F3N5O3. The average Bonchev–Trinajstić information content (AvgIpc) is 3.69. The van der Waals surface area contributed by atoms with Crippen LogP contribution >= 0.6 is 0 Å². The van der Waals surface area contributed by atoms with Gasteiger partial charge in [0.15, 0.2) is 5.75 Å². The summed E-state index contributed by atoms with van der Waals surface area (Å²) in [4.78, 5) is 6.07. The van der Waals surface area contributed by atoms with Gasteiger partial charge >= 0.3 is 6.18 Å². The van der Waals surface area contributed by atoms with Crippen LogP contribution in [0.15, 0.2) is 42.7 Å². The molecule has 0 atom stereocenters. The van der Waals surface area contributed by atoms with Crippen molar-refractivity contribution in [3.63, 3.8) is 0 Å². The molecule has 1 aliphatic carbocycles. The zero-order chi connectivity index (χ0) is 26.1. The van der Waals surface area contributed by atoms with Crippen molar-refractivity contribution in [2.75, 3.05) is 49.7 Å². The quantitative estimate of drug-likeness (QED) is 0.409. The Morgan fingerprint density at radius 1 is 0.947 bits per heavy atom. The van der Waals surface area contributed by atoms with Crippen molar-refractivity contribution in [3.8, 4) is 11.5 Å². The van der Waals surface area contributed by atoms with Gasteiger partial charge in [-0.25, -0.2) is 4.98 Å². The summed E-state index contributed by atoms with van der Waals surface area (Å²) in [5.74, 6) is 2.05. The third kappa shape index (κ3) is 5.58. The molecule has 1 saturated carbocycles. The molecule has 6 rings (SSSR count). The summed E-state index contributed by atoms with van der Waals surface area (Å²) in [7, 11) is 0. The molecule has 3 aromatic rings. The molecule has 8 nitrogen and oxygen atoms in total. The first kappa shape index (κ1) is 25.0. The van der Waals surface area contributed by atoms with E-state index in [1.54, 1.807) is 23.2 Å². The fraction of sp³-hybridized carbons (Fsp3) is 0.481. The van der Waals surface area contributed by atoms with Crippen LogP contribution in [0, 0.1) is 0 Å². The van der Waals surface area contributed by atoms with Gasteiger partial charge in [-0.15, -0.1) is 0 Å². The highest BCUT2D eigenvalue weighted by Crippen LogP contribution is 2.41. The summed E-state index contributed by atoms with van der Waals surface area (Å²) in [6, 6.07) is 7.99. The number of nitrogens with one attached hydrogen (secondary N) is 1. The number of aromatic nitrogens is 3. The van der Waals surface area contributed by atoms with E-state index in [9.17, 15) is 13.2 Å². The number of benzene rings is 1. The molecule has 3 fully saturated rings. The SMILES string of the molecule is FC(F)(F)c1ccc(Nc2cc(Oc3cn(C4CC4)nc3C3CCOCC3)ccn2)cc1N1CCOCC1. The summed E-state index contributed by atoms with van der Waals surface area (Å²) < 4.78 is 60.3. The molecule has 38 heavy (non-hydrogen) atoms. The van der Waals surface area contributed by atoms with Gasteiger partial charge in [0.05, 0.1) is 36.7 Å². The number of anilines is 3. The highest BCUT2D eigenvalue weighted by molar-refractivity contribution is 5.67. The molecule has 0 spiro atoms. The van der Waals surface area contributed by atoms with E-state index in [4.69, 9.17) is 19.3 Å². The standard InChI is InChI=1S/C27H30F3N5O3/c28-27(29,30)22-4-1-19(15-23(22)34-9-13-37-14-10-34)32-25-16-21(5-8-31-25)38-24-17-35(20-2-3-20)33-26(24)18-6-11-36-12-7-18/h1,4-5,8,15-18,20H,2-3,6-7,9-14H2,(H,31,32). The molecule has 2 aliphatic heterocycles. The van der Waals surface area contributed by atoms with Gasteiger partial charge in [0, 0.05) is 50.2 Å². The molecule has 0 unspecified atom stereocenters. The normalized spacial score (nSPS) is 19.0. The van der Waals surface area contributed by atoms with Gasteiger partial charge in [-0.1, -0.05) is 0 Å². The molecular weight excluding hydrogens is 499 g/mol. The topological polar surface area (TPSA) is 73.7 Å². The summed E-state index contributed by atoms with van der Waals surface area (Å²) >= 11 is 0. The minimum absolute atomic E-state index is 0.131. The molecule has 202 valence electrons. The number of nitrogens with zero attached hydrogens (tertiary/aromatic N) is 4. The van der Waals surface area contributed by atoms with E-state index >= 15 is 0 Å². The number of morpholine rings is 1. The predicted molar refractivity (Wildman–Crippen MR) is 135 cm³/mol. The zero-order valence-electron chi connectivity index (χ0n) is 20.9. The molecule has 0 radical (unpaired) electrons. The van der Waals surface area contributed by atoms with E-state index in [2.05, 4.69) is 10.3 Å². The lowest BCUT2D eigenvalue weighted by Gasteiger charge is -2.31. The number of hydrogen-bond donors (Lipinski definition) is 1. The Kier molecular flexibility index (Phi) is 6.87. The molecule has 11 heteroatoms. The first-order valence-electron chi connectivity index (χ1n) is 13.1. The number of halogens is 3. The van der Waals surface area contributed by atoms with Gasteiger partial charge in [-0.05, 0) is 49.9 Å². The predicted octanol–water partition coefficient (Wildman–Crippen LogP) is 5.90. The van der Waals surface area contributed by atoms with Crippen LogP contribution in [0.25, 0.3) is 0 Å². The average molecular weight is 530 g/mol. The maximum absolute atomic E-state index is 13.7. The number of ether oxygens (including phenoxy) is 3. The Hall–Kier alpha value is -3.31. The lowest BCUT2D eigenvalue weighted by molar-refractivity contribution is -0.137. The molecule has 4 heterocycles. The largest absolute Gasteiger partial charge is 0.454 e. The van der Waals surface area contributed by atoms with Gasteiger partial charge in [-0.2, -0.15) is 18.3 Å². The van der Waals surface area contributed by atoms with Crippen LogP contribution < -0.4 is 15.0 Å². The Bertz CT molecular complexity index is 1270. The van der Waals surface area contributed by atoms with E-state index in [1.807, 2.05) is 10.9 Å². The van der Waals surface area contributed by atoms with Gasteiger partial charge in [0.1, 0.15) is 17.3 Å². The van der Waals surface area contributed by atoms with E-state index in [0.717, 1.165) is 43.2 Å². The van der Waals surface area contributed by atoms with Gasteiger partial charge < -0.3 is 24.4 Å². The third-order valence-electron chi connectivity index (χ3n) is 7.14. The van der Waals surface area contributed by atoms with E-state index in [0.29, 0.717) is 62.8 Å². The monoisotopic (exact) mass is 529 g/mol. The van der Waals surface area contributed by atoms with Crippen LogP contribution in [0.3, 0.4) is 0 Å². The van der Waals surface area contributed by atoms with Crippen LogP contribution in [0.5, 0.6) is 11.5 Å². The number of pyridine rings is 1. The Labute approximate surface area is 218 Å². The first-order chi connectivity index (χ1) is 18.4. The number of hydrogen-bond acceptors (Lipinski definition) is 7. The third-order valence-corrected chi connectivity index (χ3v) is 7.14. The zero-order valence-corrected chi connectivity index (χ0v) is 20.9. The van der Waals surface area contributed by atoms with Crippen LogP contribution in [0.2, 0.25) is 0 Å². The minimum Gasteiger partial charge on any atom is -0.454 e. The van der Waals surface area contributed by atoms with Crippen molar-refractivity contribution in [3.05, 3.63) is 54.0 Å². The second-order valence-electron chi connectivity index (χ2n) is 9.91. The highest BCUT2D eigenvalue weighted by Gasteiger charge is 2.35. The van der Waals surface area contributed by atoms with Crippen molar-refractivity contribution < 1.29 is 27.4 Å². The number of rotatable bonds is 7. The van der Waals surface area contributed by atoms with Gasteiger partial charge in [-0.3, -0.25) is 4.68 Å². The van der Waals surface area contributed by atoms with Crippen LogP contribution in [0.4, 0.5) is 30.4 Å². The molecule has 0 amide bonds. The molecule has 3 aliphatic rings. The van der Waals surface area contributed by atoms with E-state index in [1.165, 1.54) is 12.1 Å². The minimum atomic E-state index is -4.45. The highest BCUT2D eigenvalue weighted by atomic mass is 19.4. The Balaban J connectivity index is 1.23. The summed E-state index contributed by atoms with van der Waals surface area (Å²) in [5, 5.41) is 8.01. The van der Waals surface area contributed by atoms with Crippen LogP contribution in [-0.4, -0.2) is 54.3 Å². The summed E-state index contributed by atoms with van der Waals surface area (Å²) in [5.41, 5.74) is 0.924. The first-order valence-corrected chi connectivity index (χ1v) is 13.1. The number of alkyl halides is 3. The van der Waals surface area contributed by atoms with Crippen molar-refractivity contribution in [1.82, 2.24) is 14.8 Å². The van der Waals surface area contributed by atoms with Crippen LogP contribution in [0.1, 0.15) is 48.9 Å². The lowest BCUT2D eigenvalue weighted by Crippen LogP contribution is -2.37. The fourth-order valence-electron chi connectivity index (χ4n) is 4.98. The second kappa shape index (κ2) is 10.5. The van der Waals surface area contributed by atoms with E-state index in [-0.39, 0.29) is 11.6 Å². The van der Waals surface area contributed by atoms with Crippen molar-refractivity contribution in [1.29, 1.82) is 0 Å². The van der Waals surface area contributed by atoms with Crippen molar-refractivity contribution in [2.45, 2.75) is 43.8 Å². The van der Waals surface area contributed by atoms with Gasteiger partial charge in [0.25, 0.3) is 0 Å². The molecule has 2 saturated heterocycles. The smallest absolute Gasteiger partial charge is 0.418 e. The van der Waals surface area contributed by atoms with Crippen LogP contribution in [-0.2, 0) is 15.7 Å². The molecule has 1 aromatic carbocycles. The van der Waals surface area contributed by atoms with E-state index < -0.39 is 11.7 Å². The fourth-order valence-corrected chi connectivity index (χ4v) is 4.98. The Morgan fingerprint density at radius 3 is 2.45 bits per heavy atom. The lowest BCUT2D eigenvalue weighted by atomic mass is 9.96. The molecule has 1 N–H and O–H groups in total. The summed E-state index contributed by atoms with van der Waals surface area (Å²) in [6.07, 6.45) is 3.19. The molecule has 0 bridgehead atoms.